The number of hydrogen-bond donors (Lipinski definition) is 2. The van der Waals surface area contributed by atoms with E-state index in [1.165, 1.54) is 5.56 Å². The Morgan fingerprint density at radius 3 is 2.38 bits per heavy atom. The maximum absolute atomic E-state index is 11.5. The molecule has 0 bridgehead atoms. The van der Waals surface area contributed by atoms with E-state index in [1.54, 1.807) is 0 Å². The van der Waals surface area contributed by atoms with Gasteiger partial charge in [0, 0.05) is 0 Å². The summed E-state index contributed by atoms with van der Waals surface area (Å²) in [5.74, 6) is 0.803. The van der Waals surface area contributed by atoms with Crippen molar-refractivity contribution < 1.29 is 14.6 Å². The number of benzene rings is 2. The van der Waals surface area contributed by atoms with Crippen LogP contribution in [0.25, 0.3) is 11.0 Å². The number of aromatic nitrogens is 2. The van der Waals surface area contributed by atoms with Crippen LogP contribution in [0.15, 0.2) is 48.5 Å². The maximum Gasteiger partial charge on any atom is 0.225 e. The second-order valence-corrected chi connectivity index (χ2v) is 10.4. The Hall–Kier alpha value is -2.86. The topological polar surface area (TPSA) is 90.4 Å². The van der Waals surface area contributed by atoms with Gasteiger partial charge < -0.3 is 20.1 Å². The summed E-state index contributed by atoms with van der Waals surface area (Å²) in [6.07, 6.45) is 0.329. The number of amides is 1. The molecule has 0 saturated heterocycles. The lowest BCUT2D eigenvalue weighted by molar-refractivity contribution is -0.117. The molecule has 1 amide bonds. The van der Waals surface area contributed by atoms with Crippen LogP contribution in [0.3, 0.4) is 0 Å². The first kappa shape index (κ1) is 23.8. The fraction of sp³-hybridized carbons (Fsp3) is 0.462. The fourth-order valence-electron chi connectivity index (χ4n) is 4.51. The van der Waals surface area contributed by atoms with E-state index in [-0.39, 0.29) is 30.4 Å². The highest BCUT2D eigenvalue weighted by atomic mass is 16.5. The molecule has 32 heavy (non-hydrogen) atoms. The third-order valence-corrected chi connectivity index (χ3v) is 5.51. The molecule has 172 valence electrons. The van der Waals surface area contributed by atoms with Gasteiger partial charge >= 0.3 is 0 Å². The van der Waals surface area contributed by atoms with Crippen molar-refractivity contribution in [3.63, 3.8) is 0 Å². The van der Waals surface area contributed by atoms with Gasteiger partial charge in [-0.15, -0.1) is 0 Å². The zero-order valence-corrected chi connectivity index (χ0v) is 19.8. The third-order valence-electron chi connectivity index (χ3n) is 5.51. The molecule has 0 spiro atoms. The first-order valence-electron chi connectivity index (χ1n) is 11.1. The first-order chi connectivity index (χ1) is 14.9. The molecule has 6 nitrogen and oxygen atoms in total. The number of ether oxygens (including phenoxy) is 1. The van der Waals surface area contributed by atoms with Crippen LogP contribution in [0.4, 0.5) is 0 Å². The molecule has 0 unspecified atom stereocenters. The number of carbonyl (C=O) groups excluding carboxylic acids is 1. The molecule has 1 atom stereocenters. The second kappa shape index (κ2) is 9.33. The Morgan fingerprint density at radius 2 is 1.75 bits per heavy atom. The molecule has 0 radical (unpaired) electrons. The number of carbonyl (C=O) groups is 1. The third kappa shape index (κ3) is 6.10. The highest BCUT2D eigenvalue weighted by Gasteiger charge is 2.27. The molecule has 1 heterocycles. The normalized spacial score (nSPS) is 13.3. The molecule has 3 aromatic rings. The summed E-state index contributed by atoms with van der Waals surface area (Å²) in [7, 11) is 0. The van der Waals surface area contributed by atoms with Gasteiger partial charge in [-0.05, 0) is 47.1 Å². The van der Waals surface area contributed by atoms with E-state index in [0.717, 1.165) is 17.5 Å². The number of hydrogen-bond acceptors (Lipinski definition) is 4. The van der Waals surface area contributed by atoms with E-state index in [1.807, 2.05) is 41.0 Å². The molecule has 0 aliphatic heterocycles. The van der Waals surface area contributed by atoms with Crippen LogP contribution >= 0.6 is 0 Å². The lowest BCUT2D eigenvalue weighted by Gasteiger charge is -2.33. The largest absolute Gasteiger partial charge is 0.491 e. The van der Waals surface area contributed by atoms with Crippen molar-refractivity contribution in [3.8, 4) is 5.75 Å². The quantitative estimate of drug-likeness (QED) is 0.524. The summed E-state index contributed by atoms with van der Waals surface area (Å²) in [5, 5.41) is 10.6. The van der Waals surface area contributed by atoms with Crippen LogP contribution in [0.1, 0.15) is 52.4 Å². The number of fused-ring (bicyclic) bond motifs is 1. The minimum atomic E-state index is -0.767. The molecule has 2 aromatic carbocycles. The summed E-state index contributed by atoms with van der Waals surface area (Å²) in [6.45, 7) is 11.7. The Bertz CT molecular complexity index is 1060. The standard InChI is InChI=1S/C26H35N3O3/c1-25(2,3)17-26(4,5)18-10-12-20(13-11-18)32-16-19(30)15-29-22-9-7-6-8-21(22)28-24(29)14-23(27)31/h6-13,19,30H,14-17H2,1-5H3,(H2,27,31)/t19-/m1/s1. The summed E-state index contributed by atoms with van der Waals surface area (Å²) < 4.78 is 7.68. The number of rotatable bonds is 9. The maximum atomic E-state index is 11.5. The molecular weight excluding hydrogens is 402 g/mol. The monoisotopic (exact) mass is 437 g/mol. The summed E-state index contributed by atoms with van der Waals surface area (Å²) in [4.78, 5) is 15.9. The summed E-state index contributed by atoms with van der Waals surface area (Å²) in [5.41, 5.74) is 8.58. The van der Waals surface area contributed by atoms with Gasteiger partial charge in [-0.1, -0.05) is 58.9 Å². The first-order valence-corrected chi connectivity index (χ1v) is 11.1. The average Bonchev–Trinajstić information content (AvgIpc) is 3.01. The molecule has 1 aromatic heterocycles. The Balaban J connectivity index is 1.65. The second-order valence-electron chi connectivity index (χ2n) is 10.4. The minimum absolute atomic E-state index is 0.0219. The SMILES string of the molecule is CC(C)(C)CC(C)(C)c1ccc(OC[C@H](O)Cn2c(CC(N)=O)nc3ccccc32)cc1. The van der Waals surface area contributed by atoms with Gasteiger partial charge in [-0.2, -0.15) is 0 Å². The van der Waals surface area contributed by atoms with Crippen LogP contribution in [-0.4, -0.2) is 33.3 Å². The van der Waals surface area contributed by atoms with Crippen molar-refractivity contribution in [1.82, 2.24) is 9.55 Å². The Morgan fingerprint density at radius 1 is 1.09 bits per heavy atom. The smallest absolute Gasteiger partial charge is 0.225 e. The van der Waals surface area contributed by atoms with Crippen molar-refractivity contribution in [2.75, 3.05) is 6.61 Å². The average molecular weight is 438 g/mol. The van der Waals surface area contributed by atoms with Crippen molar-refractivity contribution in [3.05, 3.63) is 59.9 Å². The van der Waals surface area contributed by atoms with Gasteiger partial charge in [0.2, 0.25) is 5.91 Å². The van der Waals surface area contributed by atoms with Crippen molar-refractivity contribution in [2.45, 2.75) is 65.5 Å². The lowest BCUT2D eigenvalue weighted by atomic mass is 9.72. The van der Waals surface area contributed by atoms with E-state index in [0.29, 0.717) is 11.6 Å². The van der Waals surface area contributed by atoms with Crippen molar-refractivity contribution in [1.29, 1.82) is 0 Å². The van der Waals surface area contributed by atoms with Gasteiger partial charge in [-0.25, -0.2) is 4.98 Å². The predicted molar refractivity (Wildman–Crippen MR) is 128 cm³/mol. The van der Waals surface area contributed by atoms with Crippen molar-refractivity contribution in [2.24, 2.45) is 11.1 Å². The molecule has 0 saturated carbocycles. The zero-order valence-electron chi connectivity index (χ0n) is 19.8. The number of nitrogens with two attached hydrogens (primary N) is 1. The number of aliphatic hydroxyl groups is 1. The number of primary amides is 1. The zero-order chi connectivity index (χ0) is 23.5. The molecule has 0 aliphatic carbocycles. The lowest BCUT2D eigenvalue weighted by Crippen LogP contribution is -2.26. The number of aliphatic hydroxyl groups excluding tert-OH is 1. The summed E-state index contributed by atoms with van der Waals surface area (Å²) >= 11 is 0. The molecule has 3 rings (SSSR count). The van der Waals surface area contributed by atoms with Crippen LogP contribution in [0, 0.1) is 5.41 Å². The Labute approximate surface area is 190 Å². The van der Waals surface area contributed by atoms with E-state index in [9.17, 15) is 9.90 Å². The number of nitrogens with zero attached hydrogens (tertiary/aromatic N) is 2. The van der Waals surface area contributed by atoms with Gasteiger partial charge in [-0.3, -0.25) is 4.79 Å². The van der Waals surface area contributed by atoms with Crippen LogP contribution < -0.4 is 10.5 Å². The van der Waals surface area contributed by atoms with E-state index < -0.39 is 12.0 Å². The van der Waals surface area contributed by atoms with E-state index in [2.05, 4.69) is 51.7 Å². The predicted octanol–water partition coefficient (Wildman–Crippen LogP) is 4.22. The summed E-state index contributed by atoms with van der Waals surface area (Å²) in [6, 6.07) is 15.7. The molecule has 6 heteroatoms. The van der Waals surface area contributed by atoms with Gasteiger partial charge in [0.05, 0.1) is 24.0 Å². The van der Waals surface area contributed by atoms with Crippen LogP contribution in [0.2, 0.25) is 0 Å². The molecule has 0 aliphatic rings. The molecule has 3 N–H and O–H groups in total. The fourth-order valence-corrected chi connectivity index (χ4v) is 4.51. The number of para-hydroxylation sites is 2. The van der Waals surface area contributed by atoms with Crippen LogP contribution in [-0.2, 0) is 23.2 Å². The Kier molecular flexibility index (Phi) is 6.94. The highest BCUT2D eigenvalue weighted by molar-refractivity contribution is 5.80. The van der Waals surface area contributed by atoms with Gasteiger partial charge in [0.25, 0.3) is 0 Å². The van der Waals surface area contributed by atoms with Crippen molar-refractivity contribution >= 4 is 16.9 Å². The molecule has 0 fully saturated rings. The molecular formula is C26H35N3O3. The van der Waals surface area contributed by atoms with E-state index >= 15 is 0 Å². The van der Waals surface area contributed by atoms with Gasteiger partial charge in [0.15, 0.2) is 0 Å². The number of imidazole rings is 1. The highest BCUT2D eigenvalue weighted by Crippen LogP contribution is 2.36. The minimum Gasteiger partial charge on any atom is -0.491 e. The van der Waals surface area contributed by atoms with Gasteiger partial charge in [0.1, 0.15) is 24.3 Å². The van der Waals surface area contributed by atoms with Crippen LogP contribution in [0.5, 0.6) is 5.75 Å². The van der Waals surface area contributed by atoms with E-state index in [4.69, 9.17) is 10.5 Å².